The van der Waals surface area contributed by atoms with Crippen molar-refractivity contribution in [2.75, 3.05) is 11.9 Å². The summed E-state index contributed by atoms with van der Waals surface area (Å²) >= 11 is 7.85. The fraction of sp³-hybridized carbons (Fsp3) is 0.241. The lowest BCUT2D eigenvalue weighted by Crippen LogP contribution is -2.17. The van der Waals surface area contributed by atoms with Gasteiger partial charge in [-0.15, -0.1) is 33.9 Å². The van der Waals surface area contributed by atoms with Crippen LogP contribution in [0.2, 0.25) is 5.02 Å². The Kier molecular flexibility index (Phi) is 9.08. The van der Waals surface area contributed by atoms with Gasteiger partial charge in [-0.1, -0.05) is 41.6 Å². The molecule has 0 unspecified atom stereocenters. The van der Waals surface area contributed by atoms with Gasteiger partial charge in [0.25, 0.3) is 0 Å². The first kappa shape index (κ1) is 29.5. The van der Waals surface area contributed by atoms with Gasteiger partial charge in [0.05, 0.1) is 25.3 Å². The van der Waals surface area contributed by atoms with Gasteiger partial charge in [0, 0.05) is 32.3 Å². The second-order valence-corrected chi connectivity index (χ2v) is 10.8. The summed E-state index contributed by atoms with van der Waals surface area (Å²) < 4.78 is 2.01. The molecule has 0 bridgehead atoms. The Balaban J connectivity index is 0.00000370. The van der Waals surface area contributed by atoms with Crippen molar-refractivity contribution in [2.24, 2.45) is 10.7 Å². The standard InChI is InChI=1S/C29H27ClN6O2S.ClH/c1-16-17(2)39-29-26(16)27(19-6-9-22(30)10-7-19)33-24(28-35-34-18(3)36(28)29)14-25(38)32-23-11-8-21(15-37)20(13-23)5-4-12-31;/h6-11,13,24,37H,12,14-15,31H2,1-3H3,(H,32,38);1H/t24-;/m0./s1. The number of carbonyl (C=O) groups excluding carboxylic acids is 1. The van der Waals surface area contributed by atoms with Gasteiger partial charge in [0.2, 0.25) is 5.91 Å². The molecule has 1 aliphatic rings. The van der Waals surface area contributed by atoms with Crippen LogP contribution in [0.4, 0.5) is 5.69 Å². The first-order valence-corrected chi connectivity index (χ1v) is 13.6. The van der Waals surface area contributed by atoms with Gasteiger partial charge >= 0.3 is 0 Å². The molecule has 0 spiro atoms. The number of aromatic nitrogens is 3. The van der Waals surface area contributed by atoms with E-state index in [-0.39, 0.29) is 37.9 Å². The Hall–Kier alpha value is -3.52. The number of thiophene rings is 1. The smallest absolute Gasteiger partial charge is 0.227 e. The van der Waals surface area contributed by atoms with E-state index < -0.39 is 6.04 Å². The van der Waals surface area contributed by atoms with E-state index in [9.17, 15) is 9.90 Å². The summed E-state index contributed by atoms with van der Waals surface area (Å²) in [7, 11) is 0. The normalized spacial score (nSPS) is 13.7. The van der Waals surface area contributed by atoms with Crippen LogP contribution in [0.25, 0.3) is 5.00 Å². The Bertz CT molecular complexity index is 1660. The first-order chi connectivity index (χ1) is 18.8. The predicted molar refractivity (Wildman–Crippen MR) is 162 cm³/mol. The summed E-state index contributed by atoms with van der Waals surface area (Å²) in [5.74, 6) is 6.85. The van der Waals surface area contributed by atoms with E-state index in [1.165, 1.54) is 4.88 Å². The number of carbonyl (C=O) groups is 1. The van der Waals surface area contributed by atoms with E-state index in [0.717, 1.165) is 33.2 Å². The van der Waals surface area contributed by atoms with Crippen molar-refractivity contribution < 1.29 is 9.90 Å². The molecule has 206 valence electrons. The summed E-state index contributed by atoms with van der Waals surface area (Å²) in [5, 5.41) is 23.0. The van der Waals surface area contributed by atoms with Crippen molar-refractivity contribution in [3.63, 3.8) is 0 Å². The van der Waals surface area contributed by atoms with Crippen LogP contribution in [-0.2, 0) is 11.4 Å². The second kappa shape index (κ2) is 12.3. The molecule has 2 aromatic carbocycles. The fourth-order valence-electron chi connectivity index (χ4n) is 4.57. The van der Waals surface area contributed by atoms with Gasteiger partial charge in [-0.05, 0) is 56.2 Å². The lowest BCUT2D eigenvalue weighted by atomic mass is 9.99. The summed E-state index contributed by atoms with van der Waals surface area (Å²) in [6.07, 6.45) is 0.0494. The number of nitrogens with two attached hydrogens (primary N) is 1. The molecule has 5 rings (SSSR count). The van der Waals surface area contributed by atoms with Gasteiger partial charge in [-0.2, -0.15) is 0 Å². The minimum absolute atomic E-state index is 0. The molecule has 2 aromatic heterocycles. The molecule has 0 aliphatic carbocycles. The number of aliphatic imine (C=N–C) groups is 1. The second-order valence-electron chi connectivity index (χ2n) is 9.19. The minimum Gasteiger partial charge on any atom is -0.392 e. The third-order valence-corrected chi connectivity index (χ3v) is 8.07. The highest BCUT2D eigenvalue weighted by Crippen LogP contribution is 2.39. The maximum atomic E-state index is 13.4. The molecule has 0 fully saturated rings. The highest BCUT2D eigenvalue weighted by Gasteiger charge is 2.32. The Morgan fingerprint density at radius 1 is 1.18 bits per heavy atom. The van der Waals surface area contributed by atoms with Gasteiger partial charge in [-0.25, -0.2) is 0 Å². The number of aliphatic hydroxyl groups excluding tert-OH is 1. The molecular formula is C29H28Cl2N6O2S. The van der Waals surface area contributed by atoms with Crippen LogP contribution in [0, 0.1) is 32.6 Å². The quantitative estimate of drug-likeness (QED) is 0.279. The van der Waals surface area contributed by atoms with Crippen LogP contribution in [0.15, 0.2) is 47.5 Å². The van der Waals surface area contributed by atoms with E-state index in [2.05, 4.69) is 41.2 Å². The van der Waals surface area contributed by atoms with Gasteiger partial charge in [0.1, 0.15) is 16.9 Å². The number of hydrogen-bond acceptors (Lipinski definition) is 7. The number of amides is 1. The Labute approximate surface area is 247 Å². The number of hydrogen-bond donors (Lipinski definition) is 3. The van der Waals surface area contributed by atoms with Crippen LogP contribution >= 0.6 is 35.3 Å². The first-order valence-electron chi connectivity index (χ1n) is 12.4. The maximum absolute atomic E-state index is 13.4. The maximum Gasteiger partial charge on any atom is 0.227 e. The molecule has 4 N–H and O–H groups in total. The van der Waals surface area contributed by atoms with Gasteiger partial charge in [0.15, 0.2) is 5.82 Å². The molecule has 3 heterocycles. The third-order valence-electron chi connectivity index (χ3n) is 6.62. The highest BCUT2D eigenvalue weighted by atomic mass is 35.5. The van der Waals surface area contributed by atoms with Crippen molar-refractivity contribution in [3.05, 3.63) is 91.8 Å². The highest BCUT2D eigenvalue weighted by molar-refractivity contribution is 7.15. The Morgan fingerprint density at radius 3 is 2.62 bits per heavy atom. The molecule has 40 heavy (non-hydrogen) atoms. The molecular weight excluding hydrogens is 567 g/mol. The molecule has 11 heteroatoms. The van der Waals surface area contributed by atoms with Crippen LogP contribution in [-0.4, -0.2) is 38.0 Å². The summed E-state index contributed by atoms with van der Waals surface area (Å²) in [6, 6.07) is 12.2. The van der Waals surface area contributed by atoms with Crippen molar-refractivity contribution >= 4 is 52.7 Å². The molecule has 1 atom stereocenters. The van der Waals surface area contributed by atoms with E-state index in [1.54, 1.807) is 29.5 Å². The number of rotatable bonds is 5. The largest absolute Gasteiger partial charge is 0.392 e. The van der Waals surface area contributed by atoms with E-state index in [4.69, 9.17) is 22.3 Å². The summed E-state index contributed by atoms with van der Waals surface area (Å²) in [6.45, 7) is 6.12. The molecule has 1 aliphatic heterocycles. The van der Waals surface area contributed by atoms with Crippen LogP contribution in [0.1, 0.15) is 56.8 Å². The van der Waals surface area contributed by atoms with Crippen LogP contribution in [0.3, 0.4) is 0 Å². The Morgan fingerprint density at radius 2 is 1.93 bits per heavy atom. The molecule has 1 amide bonds. The molecule has 0 radical (unpaired) electrons. The summed E-state index contributed by atoms with van der Waals surface area (Å²) in [4.78, 5) is 19.7. The lowest BCUT2D eigenvalue weighted by Gasteiger charge is -2.14. The number of nitrogens with one attached hydrogen (secondary N) is 1. The average Bonchev–Trinajstić information content (AvgIpc) is 3.40. The number of benzene rings is 2. The van der Waals surface area contributed by atoms with Gasteiger partial charge in [-0.3, -0.25) is 14.4 Å². The van der Waals surface area contributed by atoms with Crippen molar-refractivity contribution in [2.45, 2.75) is 39.8 Å². The van der Waals surface area contributed by atoms with Gasteiger partial charge < -0.3 is 16.2 Å². The number of halogens is 2. The number of fused-ring (bicyclic) bond motifs is 3. The van der Waals surface area contributed by atoms with E-state index >= 15 is 0 Å². The molecule has 4 aromatic rings. The van der Waals surface area contributed by atoms with Crippen molar-refractivity contribution in [3.8, 4) is 16.8 Å². The molecule has 0 saturated heterocycles. The zero-order valence-corrected chi connectivity index (χ0v) is 24.5. The van der Waals surface area contributed by atoms with Crippen molar-refractivity contribution in [1.29, 1.82) is 0 Å². The summed E-state index contributed by atoms with van der Waals surface area (Å²) in [5.41, 5.74) is 11.2. The van der Waals surface area contributed by atoms with Crippen LogP contribution in [0.5, 0.6) is 0 Å². The fourth-order valence-corrected chi connectivity index (χ4v) is 5.91. The topological polar surface area (TPSA) is 118 Å². The zero-order chi connectivity index (χ0) is 27.7. The van der Waals surface area contributed by atoms with E-state index in [1.807, 2.05) is 35.8 Å². The zero-order valence-electron chi connectivity index (χ0n) is 22.2. The number of aliphatic hydroxyl groups is 1. The number of nitrogens with zero attached hydrogens (tertiary/aromatic N) is 4. The SMILES string of the molecule is Cc1sc2c(c1C)C(c1ccc(Cl)cc1)=N[C@@H](CC(=O)Nc1ccc(CO)c(C#CCN)c1)c1nnc(C)n1-2.Cl. The van der Waals surface area contributed by atoms with E-state index in [0.29, 0.717) is 27.7 Å². The van der Waals surface area contributed by atoms with Crippen LogP contribution < -0.4 is 11.1 Å². The lowest BCUT2D eigenvalue weighted by molar-refractivity contribution is -0.116. The van der Waals surface area contributed by atoms with Crippen molar-refractivity contribution in [1.82, 2.24) is 14.8 Å². The average molecular weight is 596 g/mol. The third kappa shape index (κ3) is 5.68. The minimum atomic E-state index is -0.579. The number of aryl methyl sites for hydroxylation is 2. The predicted octanol–water partition coefficient (Wildman–Crippen LogP) is 5.05. The molecule has 8 nitrogen and oxygen atoms in total. The number of anilines is 1. The molecule has 0 saturated carbocycles. The monoisotopic (exact) mass is 594 g/mol.